The maximum atomic E-state index is 13.1. The van der Waals surface area contributed by atoms with Gasteiger partial charge in [0.15, 0.2) is 0 Å². The zero-order valence-corrected chi connectivity index (χ0v) is 23.7. The van der Waals surface area contributed by atoms with Crippen LogP contribution in [0, 0.1) is 5.92 Å². The number of para-hydroxylation sites is 1. The van der Waals surface area contributed by atoms with Crippen LogP contribution < -0.4 is 15.5 Å². The van der Waals surface area contributed by atoms with Gasteiger partial charge in [-0.3, -0.25) is 4.79 Å². The van der Waals surface area contributed by atoms with Crippen LogP contribution in [0.25, 0.3) is 21.7 Å². The number of anilines is 2. The molecule has 3 aromatic carbocycles. The standard InChI is InChI=1S/C29H33N5O.C2HF3O2/c1-19(23-13-8-10-20-9-4-5-11-24(20)23)30-28(35)21-15-17-22(18-16-21)31-29-32-26-14-7-6-12-25(26)27(33-29)34(2)3;3-2(4,5)1(6)7/h4-14,19,21-22H,15-18H2,1-3H3,(H,30,35)(H,31,32,33);(H,6,7)/t19?,21-,22+;. The van der Waals surface area contributed by atoms with Crippen LogP contribution in [0.5, 0.6) is 0 Å². The molecule has 4 aromatic rings. The van der Waals surface area contributed by atoms with Crippen LogP contribution >= 0.6 is 0 Å². The fourth-order valence-electron chi connectivity index (χ4n) is 5.18. The van der Waals surface area contributed by atoms with Crippen LogP contribution in [0.3, 0.4) is 0 Å². The Hall–Kier alpha value is -4.41. The summed E-state index contributed by atoms with van der Waals surface area (Å²) in [5, 5.41) is 17.4. The number of halogens is 3. The molecule has 0 radical (unpaired) electrons. The molecular weight excluding hydrogens is 547 g/mol. The molecule has 1 amide bonds. The molecule has 1 aliphatic rings. The number of nitrogens with zero attached hydrogens (tertiary/aromatic N) is 3. The van der Waals surface area contributed by atoms with Crippen molar-refractivity contribution in [2.24, 2.45) is 5.92 Å². The first-order valence-electron chi connectivity index (χ1n) is 13.7. The second kappa shape index (κ2) is 13.1. The number of rotatable bonds is 6. The molecule has 1 saturated carbocycles. The first kappa shape index (κ1) is 30.5. The van der Waals surface area contributed by atoms with E-state index in [2.05, 4.69) is 60.0 Å². The number of carboxylic acid groups (broad SMARTS) is 1. The molecule has 5 rings (SSSR count). The molecule has 8 nitrogen and oxygen atoms in total. The predicted molar refractivity (Wildman–Crippen MR) is 157 cm³/mol. The monoisotopic (exact) mass is 581 g/mol. The highest BCUT2D eigenvalue weighted by molar-refractivity contribution is 5.90. The average molecular weight is 582 g/mol. The molecule has 1 atom stereocenters. The summed E-state index contributed by atoms with van der Waals surface area (Å²) in [6.07, 6.45) is -1.51. The number of alkyl halides is 3. The van der Waals surface area contributed by atoms with E-state index < -0.39 is 12.1 Å². The van der Waals surface area contributed by atoms with Gasteiger partial charge in [0.1, 0.15) is 5.82 Å². The van der Waals surface area contributed by atoms with Gasteiger partial charge in [-0.1, -0.05) is 54.6 Å². The summed E-state index contributed by atoms with van der Waals surface area (Å²) in [5.74, 6) is -0.993. The third-order valence-electron chi connectivity index (χ3n) is 7.33. The number of carbonyl (C=O) groups is 2. The Morgan fingerprint density at radius 1 is 0.905 bits per heavy atom. The van der Waals surface area contributed by atoms with Gasteiger partial charge in [-0.25, -0.2) is 9.78 Å². The van der Waals surface area contributed by atoms with E-state index in [1.54, 1.807) is 0 Å². The fraction of sp³-hybridized carbons (Fsp3) is 0.355. The van der Waals surface area contributed by atoms with E-state index in [1.807, 2.05) is 43.3 Å². The molecule has 0 saturated heterocycles. The van der Waals surface area contributed by atoms with Crippen molar-refractivity contribution in [1.82, 2.24) is 15.3 Å². The van der Waals surface area contributed by atoms with Gasteiger partial charge in [0.05, 0.1) is 11.6 Å². The Balaban J connectivity index is 0.000000517. The van der Waals surface area contributed by atoms with Gasteiger partial charge >= 0.3 is 12.1 Å². The smallest absolute Gasteiger partial charge is 0.475 e. The largest absolute Gasteiger partial charge is 0.490 e. The summed E-state index contributed by atoms with van der Waals surface area (Å²) < 4.78 is 31.7. The number of amides is 1. The first-order chi connectivity index (χ1) is 19.9. The Morgan fingerprint density at radius 2 is 1.50 bits per heavy atom. The molecule has 0 bridgehead atoms. The van der Waals surface area contributed by atoms with Crippen LogP contribution in [-0.2, 0) is 9.59 Å². The number of nitrogens with one attached hydrogen (secondary N) is 2. The summed E-state index contributed by atoms with van der Waals surface area (Å²) >= 11 is 0. The summed E-state index contributed by atoms with van der Waals surface area (Å²) in [6.45, 7) is 2.08. The minimum atomic E-state index is -5.08. The van der Waals surface area contributed by atoms with Crippen molar-refractivity contribution in [2.45, 2.75) is 50.9 Å². The van der Waals surface area contributed by atoms with E-state index in [-0.39, 0.29) is 23.9 Å². The minimum absolute atomic E-state index is 0.0279. The zero-order valence-electron chi connectivity index (χ0n) is 23.7. The third-order valence-corrected chi connectivity index (χ3v) is 7.33. The van der Waals surface area contributed by atoms with Crippen molar-refractivity contribution in [3.05, 3.63) is 72.3 Å². The number of fused-ring (bicyclic) bond motifs is 2. The van der Waals surface area contributed by atoms with E-state index in [0.717, 1.165) is 48.0 Å². The number of aromatic nitrogens is 2. The highest BCUT2D eigenvalue weighted by Gasteiger charge is 2.38. The average Bonchev–Trinajstić information content (AvgIpc) is 2.96. The molecule has 42 heavy (non-hydrogen) atoms. The third kappa shape index (κ3) is 7.45. The van der Waals surface area contributed by atoms with Gasteiger partial charge < -0.3 is 20.6 Å². The van der Waals surface area contributed by atoms with E-state index in [1.165, 1.54) is 10.8 Å². The molecule has 11 heteroatoms. The molecule has 1 heterocycles. The molecule has 1 aliphatic carbocycles. The number of carboxylic acids is 1. The lowest BCUT2D eigenvalue weighted by Crippen LogP contribution is -2.37. The van der Waals surface area contributed by atoms with Crippen LogP contribution in [0.4, 0.5) is 24.9 Å². The predicted octanol–water partition coefficient (Wildman–Crippen LogP) is 6.33. The Bertz CT molecular complexity index is 1550. The lowest BCUT2D eigenvalue weighted by Gasteiger charge is -2.29. The Labute approximate surface area is 242 Å². The van der Waals surface area contributed by atoms with Crippen molar-refractivity contribution in [2.75, 3.05) is 24.3 Å². The van der Waals surface area contributed by atoms with E-state index in [4.69, 9.17) is 19.9 Å². The first-order valence-corrected chi connectivity index (χ1v) is 13.7. The summed E-state index contributed by atoms with van der Waals surface area (Å²) in [5.41, 5.74) is 2.10. The van der Waals surface area contributed by atoms with Crippen molar-refractivity contribution >= 4 is 45.3 Å². The maximum Gasteiger partial charge on any atom is 0.490 e. The molecule has 1 fully saturated rings. The lowest BCUT2D eigenvalue weighted by atomic mass is 9.85. The Kier molecular flexibility index (Phi) is 9.49. The molecule has 0 spiro atoms. The second-order valence-corrected chi connectivity index (χ2v) is 10.6. The van der Waals surface area contributed by atoms with Crippen LogP contribution in [-0.4, -0.2) is 53.3 Å². The number of benzene rings is 3. The van der Waals surface area contributed by atoms with Gasteiger partial charge in [-0.05, 0) is 61.1 Å². The second-order valence-electron chi connectivity index (χ2n) is 10.6. The quantitative estimate of drug-likeness (QED) is 0.244. The number of aliphatic carboxylic acids is 1. The van der Waals surface area contributed by atoms with Crippen molar-refractivity contribution < 1.29 is 27.9 Å². The van der Waals surface area contributed by atoms with Gasteiger partial charge in [-0.2, -0.15) is 18.2 Å². The summed E-state index contributed by atoms with van der Waals surface area (Å²) in [6, 6.07) is 23.0. The number of hydrogen-bond donors (Lipinski definition) is 3. The van der Waals surface area contributed by atoms with Crippen molar-refractivity contribution in [3.8, 4) is 0 Å². The van der Waals surface area contributed by atoms with Crippen molar-refractivity contribution in [1.29, 1.82) is 0 Å². The van der Waals surface area contributed by atoms with E-state index >= 15 is 0 Å². The van der Waals surface area contributed by atoms with Crippen LogP contribution in [0.2, 0.25) is 0 Å². The van der Waals surface area contributed by atoms with Gasteiger partial charge in [-0.15, -0.1) is 0 Å². The fourth-order valence-corrected chi connectivity index (χ4v) is 5.18. The van der Waals surface area contributed by atoms with Crippen LogP contribution in [0.15, 0.2) is 66.7 Å². The molecular formula is C31H34F3N5O3. The molecule has 0 aliphatic heterocycles. The SMILES string of the molecule is CC(NC(=O)[C@H]1CC[C@@H](Nc2nc(N(C)C)c3ccccc3n2)CC1)c1cccc2ccccc12.O=C(O)C(F)(F)F. The van der Waals surface area contributed by atoms with Crippen molar-refractivity contribution in [3.63, 3.8) is 0 Å². The van der Waals surface area contributed by atoms with Gasteiger partial charge in [0.25, 0.3) is 0 Å². The van der Waals surface area contributed by atoms with Gasteiger partial charge in [0.2, 0.25) is 11.9 Å². The molecule has 3 N–H and O–H groups in total. The normalized spacial score (nSPS) is 17.6. The lowest BCUT2D eigenvalue weighted by molar-refractivity contribution is -0.192. The van der Waals surface area contributed by atoms with Gasteiger partial charge in [0, 0.05) is 31.4 Å². The van der Waals surface area contributed by atoms with E-state index in [9.17, 15) is 18.0 Å². The zero-order chi connectivity index (χ0) is 30.4. The molecule has 1 unspecified atom stereocenters. The Morgan fingerprint density at radius 3 is 2.14 bits per heavy atom. The topological polar surface area (TPSA) is 107 Å². The maximum absolute atomic E-state index is 13.1. The summed E-state index contributed by atoms with van der Waals surface area (Å²) in [4.78, 5) is 33.5. The molecule has 1 aromatic heterocycles. The molecule has 222 valence electrons. The van der Waals surface area contributed by atoms with Crippen LogP contribution in [0.1, 0.15) is 44.2 Å². The number of hydrogen-bond acceptors (Lipinski definition) is 6. The minimum Gasteiger partial charge on any atom is -0.475 e. The highest BCUT2D eigenvalue weighted by atomic mass is 19.4. The highest BCUT2D eigenvalue weighted by Crippen LogP contribution is 2.30. The number of carbonyl (C=O) groups excluding carboxylic acids is 1. The van der Waals surface area contributed by atoms with E-state index in [0.29, 0.717) is 5.95 Å². The summed E-state index contributed by atoms with van der Waals surface area (Å²) in [7, 11) is 4.00.